The quantitative estimate of drug-likeness (QED) is 0.895. The third-order valence-corrected chi connectivity index (χ3v) is 3.09. The van der Waals surface area contributed by atoms with Gasteiger partial charge in [0.25, 0.3) is 0 Å². The number of anilines is 1. The summed E-state index contributed by atoms with van der Waals surface area (Å²) in [5.74, 6) is -0.00714. The molecule has 4 nitrogen and oxygen atoms in total. The van der Waals surface area contributed by atoms with Crippen molar-refractivity contribution in [1.29, 1.82) is 0 Å². The Morgan fingerprint density at radius 3 is 2.68 bits per heavy atom. The summed E-state index contributed by atoms with van der Waals surface area (Å²) in [5, 5.41) is 8.97. The third-order valence-electron chi connectivity index (χ3n) is 3.09. The molecule has 1 aromatic carbocycles. The summed E-state index contributed by atoms with van der Waals surface area (Å²) in [6.45, 7) is 5.49. The average Bonchev–Trinajstić information content (AvgIpc) is 2.89. The van der Waals surface area contributed by atoms with Crippen molar-refractivity contribution in [2.24, 2.45) is 0 Å². The maximum atomic E-state index is 10.9. The van der Waals surface area contributed by atoms with Crippen molar-refractivity contribution in [3.8, 4) is 0 Å². The van der Waals surface area contributed by atoms with Gasteiger partial charge in [-0.1, -0.05) is 0 Å². The number of hydrogen-bond donors (Lipinski definition) is 1. The van der Waals surface area contributed by atoms with Crippen LogP contribution < -0.4 is 4.90 Å². The largest absolute Gasteiger partial charge is 0.478 e. The number of carbonyl (C=O) groups is 1. The summed E-state index contributed by atoms with van der Waals surface area (Å²) in [6, 6.07) is 8.98. The lowest BCUT2D eigenvalue weighted by atomic mass is 10.1. The van der Waals surface area contributed by atoms with Crippen molar-refractivity contribution in [3.05, 3.63) is 53.5 Å². The Bertz CT molecular complexity index is 561. The summed E-state index contributed by atoms with van der Waals surface area (Å²) in [5.41, 5.74) is 2.30. The predicted octanol–water partition coefficient (Wildman–Crippen LogP) is 3.31. The lowest BCUT2D eigenvalue weighted by molar-refractivity contribution is 0.0697. The molecule has 0 fully saturated rings. The molecule has 0 saturated heterocycles. The van der Waals surface area contributed by atoms with Crippen molar-refractivity contribution >= 4 is 11.7 Å². The van der Waals surface area contributed by atoms with Gasteiger partial charge in [0, 0.05) is 12.2 Å². The first-order valence-electron chi connectivity index (χ1n) is 6.23. The number of rotatable bonds is 5. The van der Waals surface area contributed by atoms with Crippen molar-refractivity contribution in [1.82, 2.24) is 0 Å². The van der Waals surface area contributed by atoms with E-state index >= 15 is 0 Å². The van der Waals surface area contributed by atoms with Gasteiger partial charge in [-0.05, 0) is 49.7 Å². The molecule has 0 radical (unpaired) electrons. The van der Waals surface area contributed by atoms with Crippen LogP contribution in [0.5, 0.6) is 0 Å². The van der Waals surface area contributed by atoms with Crippen LogP contribution in [0.15, 0.2) is 41.0 Å². The first-order chi connectivity index (χ1) is 9.11. The van der Waals surface area contributed by atoms with Crippen LogP contribution in [-0.4, -0.2) is 17.6 Å². The molecule has 1 N–H and O–H groups in total. The van der Waals surface area contributed by atoms with Gasteiger partial charge in [0.2, 0.25) is 0 Å². The van der Waals surface area contributed by atoms with Gasteiger partial charge in [-0.25, -0.2) is 4.79 Å². The smallest absolute Gasteiger partial charge is 0.335 e. The number of nitrogens with zero attached hydrogens (tertiary/aromatic N) is 1. The fourth-order valence-corrected chi connectivity index (χ4v) is 2.10. The zero-order valence-corrected chi connectivity index (χ0v) is 11.1. The number of aromatic carboxylic acids is 1. The molecule has 2 aromatic rings. The minimum atomic E-state index is -0.899. The lowest BCUT2D eigenvalue weighted by Crippen LogP contribution is -2.22. The average molecular weight is 259 g/mol. The lowest BCUT2D eigenvalue weighted by Gasteiger charge is -2.24. The first kappa shape index (κ1) is 13.2. The summed E-state index contributed by atoms with van der Waals surface area (Å²) in [6.07, 6.45) is 1.66. The standard InChI is InChI=1S/C15H17NO3/c1-3-16(10-13-5-4-8-19-13)14-7-6-12(15(17)18)9-11(14)2/h4-9H,3,10H2,1-2H3,(H,17,18). The van der Waals surface area contributed by atoms with Crippen LogP contribution in [0.3, 0.4) is 0 Å². The number of furan rings is 1. The Kier molecular flexibility index (Phi) is 3.90. The second kappa shape index (κ2) is 5.61. The fraction of sp³-hybridized carbons (Fsp3) is 0.267. The van der Waals surface area contributed by atoms with Crippen LogP contribution in [0.25, 0.3) is 0 Å². The van der Waals surface area contributed by atoms with Crippen LogP contribution in [0.4, 0.5) is 5.69 Å². The van der Waals surface area contributed by atoms with E-state index in [0.29, 0.717) is 12.1 Å². The van der Waals surface area contributed by atoms with E-state index in [1.165, 1.54) is 0 Å². The Morgan fingerprint density at radius 1 is 1.37 bits per heavy atom. The van der Waals surface area contributed by atoms with E-state index in [1.807, 2.05) is 25.1 Å². The maximum Gasteiger partial charge on any atom is 0.335 e. The number of benzene rings is 1. The Morgan fingerprint density at radius 2 is 2.16 bits per heavy atom. The van der Waals surface area contributed by atoms with E-state index < -0.39 is 5.97 Å². The van der Waals surface area contributed by atoms with Crippen molar-refractivity contribution < 1.29 is 14.3 Å². The van der Waals surface area contributed by atoms with Crippen molar-refractivity contribution in [2.45, 2.75) is 20.4 Å². The molecule has 100 valence electrons. The predicted molar refractivity (Wildman–Crippen MR) is 73.6 cm³/mol. The molecule has 2 rings (SSSR count). The van der Waals surface area contributed by atoms with Crippen LogP contribution in [0.2, 0.25) is 0 Å². The van der Waals surface area contributed by atoms with E-state index in [4.69, 9.17) is 9.52 Å². The highest BCUT2D eigenvalue weighted by Gasteiger charge is 2.12. The van der Waals surface area contributed by atoms with Gasteiger partial charge in [-0.15, -0.1) is 0 Å². The molecule has 0 bridgehead atoms. The van der Waals surface area contributed by atoms with E-state index in [-0.39, 0.29) is 0 Å². The number of hydrogen-bond acceptors (Lipinski definition) is 3. The second-order valence-electron chi connectivity index (χ2n) is 4.40. The number of carboxylic acid groups (broad SMARTS) is 1. The fourth-order valence-electron chi connectivity index (χ4n) is 2.10. The summed E-state index contributed by atoms with van der Waals surface area (Å²) in [7, 11) is 0. The Labute approximate surface area is 112 Å². The minimum Gasteiger partial charge on any atom is -0.478 e. The molecule has 0 amide bonds. The van der Waals surface area contributed by atoms with Crippen LogP contribution in [0, 0.1) is 6.92 Å². The summed E-state index contributed by atoms with van der Waals surface area (Å²) < 4.78 is 5.35. The molecule has 0 atom stereocenters. The van der Waals surface area contributed by atoms with Gasteiger partial charge in [-0.3, -0.25) is 0 Å². The van der Waals surface area contributed by atoms with Crippen LogP contribution >= 0.6 is 0 Å². The Hall–Kier alpha value is -2.23. The topological polar surface area (TPSA) is 53.7 Å². The van der Waals surface area contributed by atoms with Gasteiger partial charge in [0.15, 0.2) is 0 Å². The highest BCUT2D eigenvalue weighted by molar-refractivity contribution is 5.88. The SMILES string of the molecule is CCN(Cc1ccco1)c1ccc(C(=O)O)cc1C. The zero-order valence-electron chi connectivity index (χ0n) is 11.1. The molecule has 0 spiro atoms. The molecule has 1 aromatic heterocycles. The highest BCUT2D eigenvalue weighted by Crippen LogP contribution is 2.23. The third kappa shape index (κ3) is 2.96. The van der Waals surface area contributed by atoms with Gasteiger partial charge in [0.05, 0.1) is 18.4 Å². The van der Waals surface area contributed by atoms with E-state index in [9.17, 15) is 4.79 Å². The number of aryl methyl sites for hydroxylation is 1. The second-order valence-corrected chi connectivity index (χ2v) is 4.40. The zero-order chi connectivity index (χ0) is 13.8. The molecule has 4 heteroatoms. The van der Waals surface area contributed by atoms with Crippen molar-refractivity contribution in [3.63, 3.8) is 0 Å². The molecule has 0 aliphatic rings. The minimum absolute atomic E-state index is 0.315. The maximum absolute atomic E-state index is 10.9. The molecule has 19 heavy (non-hydrogen) atoms. The molecule has 0 saturated carbocycles. The molecule has 1 heterocycles. The van der Waals surface area contributed by atoms with Gasteiger partial charge >= 0.3 is 5.97 Å². The summed E-state index contributed by atoms with van der Waals surface area (Å²) in [4.78, 5) is 13.1. The molecule has 0 aliphatic carbocycles. The van der Waals surface area contributed by atoms with Gasteiger partial charge in [0.1, 0.15) is 5.76 Å². The summed E-state index contributed by atoms with van der Waals surface area (Å²) >= 11 is 0. The van der Waals surface area contributed by atoms with E-state index in [2.05, 4.69) is 11.8 Å². The van der Waals surface area contributed by atoms with E-state index in [1.54, 1.807) is 18.4 Å². The van der Waals surface area contributed by atoms with Crippen molar-refractivity contribution in [2.75, 3.05) is 11.4 Å². The molecule has 0 aliphatic heterocycles. The molecular weight excluding hydrogens is 242 g/mol. The first-order valence-corrected chi connectivity index (χ1v) is 6.23. The Balaban J connectivity index is 2.25. The van der Waals surface area contributed by atoms with Gasteiger partial charge in [-0.2, -0.15) is 0 Å². The van der Waals surface area contributed by atoms with Crippen LogP contribution in [-0.2, 0) is 6.54 Å². The highest BCUT2D eigenvalue weighted by atomic mass is 16.4. The number of carboxylic acids is 1. The van der Waals surface area contributed by atoms with Crippen LogP contribution in [0.1, 0.15) is 28.6 Å². The monoisotopic (exact) mass is 259 g/mol. The van der Waals surface area contributed by atoms with Gasteiger partial charge < -0.3 is 14.4 Å². The van der Waals surface area contributed by atoms with E-state index in [0.717, 1.165) is 23.6 Å². The normalized spacial score (nSPS) is 10.4. The molecular formula is C15H17NO3. The molecule has 0 unspecified atom stereocenters.